The monoisotopic (exact) mass is 843 g/mol. The lowest BCUT2D eigenvalue weighted by Gasteiger charge is -2.53. The molecule has 3 aromatic rings. The van der Waals surface area contributed by atoms with Crippen molar-refractivity contribution in [2.75, 3.05) is 93.2 Å². The van der Waals surface area contributed by atoms with Gasteiger partial charge in [-0.15, -0.1) is 0 Å². The predicted octanol–water partition coefficient (Wildman–Crippen LogP) is 7.03. The molecule has 8 atom stereocenters. The standard InChI is InChI=1S/C50H74N4O7/c1-12-22-53(7)31-37(34(3)47(4,5)32-53)30-49(45(55)60-10,42-27-35-19-14-15-20-39(35)51-42)38-26-36-28-43(52(6)40(36)29-41(38)58-8)50(57,46(56)61-11)44(59-9)48(13-2)21-18-25-54(33-48)23-16-17-24-54/h14-15,18-21,26-27,29,34,37,43-44,51,57H,12-13,16-17,22-25,28,30-33H2,1-11H3/q+2/t34-,37?,43?,44?,48?,49?,50?,53?/m1/s1. The number of quaternary nitrogens is 2. The zero-order valence-electron chi connectivity index (χ0n) is 38.9. The summed E-state index contributed by atoms with van der Waals surface area (Å²) in [4.78, 5) is 35.2. The third kappa shape index (κ3) is 7.39. The number of hydrogen-bond acceptors (Lipinski definition) is 8. The molecule has 0 radical (unpaired) electrons. The zero-order valence-corrected chi connectivity index (χ0v) is 38.9. The number of rotatable bonds is 14. The number of likely N-dealkylation sites (N-methyl/N-ethyl adjacent to an activating group) is 1. The van der Waals surface area contributed by atoms with Gasteiger partial charge in [-0.3, -0.25) is 4.79 Å². The van der Waals surface area contributed by atoms with Gasteiger partial charge in [0.25, 0.3) is 0 Å². The Morgan fingerprint density at radius 3 is 2.34 bits per heavy atom. The maximum atomic E-state index is 15.2. The van der Waals surface area contributed by atoms with Crippen LogP contribution in [0.15, 0.2) is 54.6 Å². The van der Waals surface area contributed by atoms with Crippen molar-refractivity contribution in [2.45, 2.75) is 96.3 Å². The molecule has 61 heavy (non-hydrogen) atoms. The summed E-state index contributed by atoms with van der Waals surface area (Å²) in [5.74, 6) is -0.113. The lowest BCUT2D eigenvalue weighted by atomic mass is 9.61. The molecule has 0 amide bonds. The number of aliphatic hydroxyl groups is 1. The second-order valence-electron chi connectivity index (χ2n) is 20.4. The van der Waals surface area contributed by atoms with Crippen LogP contribution in [0.4, 0.5) is 5.69 Å². The van der Waals surface area contributed by atoms with Gasteiger partial charge in [-0.2, -0.15) is 0 Å². The number of anilines is 1. The van der Waals surface area contributed by atoms with Crippen LogP contribution in [0.5, 0.6) is 5.75 Å². The van der Waals surface area contributed by atoms with Gasteiger partial charge in [0.2, 0.25) is 5.60 Å². The van der Waals surface area contributed by atoms with Gasteiger partial charge >= 0.3 is 11.9 Å². The topological polar surface area (TPSA) is 110 Å². The van der Waals surface area contributed by atoms with Gasteiger partial charge in [0.15, 0.2) is 0 Å². The lowest BCUT2D eigenvalue weighted by molar-refractivity contribution is -0.926. The summed E-state index contributed by atoms with van der Waals surface area (Å²) in [5.41, 5.74) is 0.121. The van der Waals surface area contributed by atoms with Crippen LogP contribution >= 0.6 is 0 Å². The fourth-order valence-corrected chi connectivity index (χ4v) is 13.2. The molecule has 11 nitrogen and oxygen atoms in total. The Morgan fingerprint density at radius 1 is 1.02 bits per heavy atom. The molecule has 2 saturated heterocycles. The highest BCUT2D eigenvalue weighted by atomic mass is 16.6. The Hall–Kier alpha value is -3.90. The van der Waals surface area contributed by atoms with E-state index in [2.05, 4.69) is 77.0 Å². The third-order valence-electron chi connectivity index (χ3n) is 16.3. The summed E-state index contributed by atoms with van der Waals surface area (Å²) in [7, 11) is 10.4. The first kappa shape index (κ1) is 45.1. The first-order chi connectivity index (χ1) is 29.0. The van der Waals surface area contributed by atoms with Crippen molar-refractivity contribution in [3.05, 3.63) is 71.4 Å². The Balaban J connectivity index is 1.40. The van der Waals surface area contributed by atoms with Crippen molar-refractivity contribution >= 4 is 28.5 Å². The molecule has 334 valence electrons. The highest BCUT2D eigenvalue weighted by molar-refractivity contribution is 5.92. The first-order valence-corrected chi connectivity index (χ1v) is 22.8. The number of benzene rings is 2. The van der Waals surface area contributed by atoms with Gasteiger partial charge in [0, 0.05) is 66.9 Å². The number of fused-ring (bicyclic) bond motifs is 2. The lowest BCUT2D eigenvalue weighted by Crippen LogP contribution is -2.70. The second kappa shape index (κ2) is 16.7. The predicted molar refractivity (Wildman–Crippen MR) is 241 cm³/mol. The number of nitrogens with one attached hydrogen (secondary N) is 1. The molecule has 4 aliphatic heterocycles. The number of methoxy groups -OCH3 is 4. The van der Waals surface area contributed by atoms with E-state index in [9.17, 15) is 9.90 Å². The maximum absolute atomic E-state index is 15.2. The molecule has 0 saturated carbocycles. The van der Waals surface area contributed by atoms with E-state index in [0.29, 0.717) is 36.5 Å². The van der Waals surface area contributed by atoms with Gasteiger partial charge in [-0.05, 0) is 66.8 Å². The number of likely N-dealkylation sites (tertiary alicyclic amines) is 1. The van der Waals surface area contributed by atoms with Gasteiger partial charge in [-0.1, -0.05) is 58.9 Å². The van der Waals surface area contributed by atoms with E-state index in [4.69, 9.17) is 18.9 Å². The Kier molecular flexibility index (Phi) is 12.3. The largest absolute Gasteiger partial charge is 0.496 e. The van der Waals surface area contributed by atoms with E-state index in [1.165, 1.54) is 14.2 Å². The Labute approximate surface area is 364 Å². The van der Waals surface area contributed by atoms with Gasteiger partial charge in [0.05, 0.1) is 85.6 Å². The summed E-state index contributed by atoms with van der Waals surface area (Å²) >= 11 is 0. The van der Waals surface area contributed by atoms with E-state index in [1.54, 1.807) is 14.2 Å². The molecule has 1 aromatic heterocycles. The Morgan fingerprint density at radius 2 is 1.72 bits per heavy atom. The second-order valence-corrected chi connectivity index (χ2v) is 20.4. The normalized spacial score (nSPS) is 29.2. The Bertz CT molecular complexity index is 2090. The molecule has 0 bridgehead atoms. The smallest absolute Gasteiger partial charge is 0.342 e. The molecule has 5 heterocycles. The molecular formula is C50H74N4O7+2. The SMILES string of the molecule is CCC[N+]1(C)CC(CC(C(=O)OC)(c2cc3ccccc3[nH]2)c2cc3c(cc2OC)N(C)C(C(O)(C(=O)OC)C(OC)C2(CC)C=CC[N+]4(CCCC4)C2)C3)[C@@H](C)C(C)(C)C1. The van der Waals surface area contributed by atoms with Crippen LogP contribution in [0, 0.1) is 22.7 Å². The van der Waals surface area contributed by atoms with Crippen LogP contribution in [0.2, 0.25) is 0 Å². The molecule has 11 heteroatoms. The molecular weight excluding hydrogens is 769 g/mol. The average molecular weight is 843 g/mol. The van der Waals surface area contributed by atoms with Crippen LogP contribution in [0.25, 0.3) is 10.9 Å². The van der Waals surface area contributed by atoms with Crippen molar-refractivity contribution in [1.82, 2.24) is 4.98 Å². The minimum atomic E-state index is -2.06. The number of carbonyl (C=O) groups excluding carboxylic acids is 2. The van der Waals surface area contributed by atoms with Gasteiger partial charge in [0.1, 0.15) is 17.3 Å². The minimum Gasteiger partial charge on any atom is -0.496 e. The maximum Gasteiger partial charge on any atom is 0.342 e. The first-order valence-electron chi connectivity index (χ1n) is 22.8. The number of esters is 2. The number of nitrogens with zero attached hydrogens (tertiary/aromatic N) is 3. The van der Waals surface area contributed by atoms with Crippen molar-refractivity contribution in [1.29, 1.82) is 0 Å². The quantitative estimate of drug-likeness (QED) is 0.101. The van der Waals surface area contributed by atoms with Crippen molar-refractivity contribution < 1.29 is 42.6 Å². The van der Waals surface area contributed by atoms with Gasteiger partial charge in [-0.25, -0.2) is 4.79 Å². The fraction of sp³-hybridized carbons (Fsp3) is 0.640. The van der Waals surface area contributed by atoms with E-state index in [0.717, 1.165) is 102 Å². The number of para-hydroxylation sites is 1. The van der Waals surface area contributed by atoms with E-state index in [1.807, 2.05) is 36.2 Å². The molecule has 4 aliphatic rings. The van der Waals surface area contributed by atoms with E-state index < -0.39 is 34.5 Å². The summed E-state index contributed by atoms with van der Waals surface area (Å²) in [5, 5.41) is 14.3. The summed E-state index contributed by atoms with van der Waals surface area (Å²) in [6, 6.07) is 13.5. The molecule has 0 aliphatic carbocycles. The number of piperidine rings is 1. The number of carbonyl (C=O) groups is 2. The van der Waals surface area contributed by atoms with Crippen LogP contribution in [0.3, 0.4) is 0 Å². The number of ether oxygens (including phenoxy) is 4. The van der Waals surface area contributed by atoms with Gasteiger partial charge < -0.3 is 42.9 Å². The number of aromatic amines is 1. The highest BCUT2D eigenvalue weighted by Gasteiger charge is 2.64. The summed E-state index contributed by atoms with van der Waals surface area (Å²) in [6.45, 7) is 18.4. The molecule has 2 N–H and O–H groups in total. The van der Waals surface area contributed by atoms with Crippen LogP contribution in [0.1, 0.15) is 83.5 Å². The van der Waals surface area contributed by atoms with E-state index >= 15 is 4.79 Å². The fourth-order valence-electron chi connectivity index (χ4n) is 13.2. The number of aromatic nitrogens is 1. The highest BCUT2D eigenvalue weighted by Crippen LogP contribution is 2.53. The summed E-state index contributed by atoms with van der Waals surface area (Å²) < 4.78 is 26.1. The van der Waals surface area contributed by atoms with Crippen molar-refractivity contribution in [3.8, 4) is 5.75 Å². The van der Waals surface area contributed by atoms with Crippen LogP contribution in [-0.2, 0) is 35.6 Å². The van der Waals surface area contributed by atoms with Crippen molar-refractivity contribution in [2.24, 2.45) is 22.7 Å². The zero-order chi connectivity index (χ0) is 44.2. The number of hydrogen-bond donors (Lipinski definition) is 2. The molecule has 7 unspecified atom stereocenters. The number of H-pyrrole nitrogens is 1. The van der Waals surface area contributed by atoms with Crippen LogP contribution < -0.4 is 9.64 Å². The van der Waals surface area contributed by atoms with Crippen molar-refractivity contribution in [3.63, 3.8) is 0 Å². The third-order valence-corrected chi connectivity index (χ3v) is 16.3. The molecule has 1 spiro atoms. The van der Waals surface area contributed by atoms with Crippen LogP contribution in [-0.4, -0.2) is 137 Å². The molecule has 7 rings (SSSR count). The average Bonchev–Trinajstić information content (AvgIpc) is 3.97. The summed E-state index contributed by atoms with van der Waals surface area (Å²) in [6.07, 6.45) is 8.41. The molecule has 2 fully saturated rings. The minimum absolute atomic E-state index is 0.0169. The van der Waals surface area contributed by atoms with E-state index in [-0.39, 0.29) is 17.3 Å². The molecule has 2 aromatic carbocycles.